The number of anilines is 3. The summed E-state index contributed by atoms with van der Waals surface area (Å²) in [6.07, 6.45) is 7.73. The van der Waals surface area contributed by atoms with Crippen molar-refractivity contribution >= 4 is 71.1 Å². The molecule has 0 aromatic carbocycles. The van der Waals surface area contributed by atoms with Gasteiger partial charge in [-0.25, -0.2) is 0 Å². The number of aromatic nitrogens is 3. The standard InChI is InChI=1S/C34H44N8O8S/c1-5-28(43)36-21-14-25(40(3)18-21)32(47)38-23-16-26(41(4)20-23)33(48)37-22-15-24(39(2)19-22)31(46)35-11-9-13-50-30(45)10-7-6-8-12-42-29(44)17-27(51)34(42)49/h14-16,18-20,27,51H,5-13,17H2,1-4H3,(H,35,46)(H,36,43)(H,37,48)(H,38,47). The fourth-order valence-electron chi connectivity index (χ4n) is 5.45. The molecular formula is C34H44N8O8S. The van der Waals surface area contributed by atoms with Gasteiger partial charge in [0.2, 0.25) is 17.7 Å². The molecule has 1 atom stereocenters. The fourth-order valence-corrected chi connectivity index (χ4v) is 5.75. The number of hydrogen-bond donors (Lipinski definition) is 5. The maximum atomic E-state index is 13.1. The Kier molecular flexibility index (Phi) is 13.2. The van der Waals surface area contributed by atoms with Crippen LogP contribution in [0.2, 0.25) is 0 Å². The minimum atomic E-state index is -0.561. The summed E-state index contributed by atoms with van der Waals surface area (Å²) in [7, 11) is 5.02. The average Bonchev–Trinajstić information content (AvgIpc) is 3.81. The predicted molar refractivity (Wildman–Crippen MR) is 192 cm³/mol. The second-order valence-electron chi connectivity index (χ2n) is 12.2. The van der Waals surface area contributed by atoms with Gasteiger partial charge in [-0.2, -0.15) is 12.6 Å². The van der Waals surface area contributed by atoms with E-state index in [9.17, 15) is 33.6 Å². The molecule has 16 nitrogen and oxygen atoms in total. The molecule has 0 saturated carbocycles. The van der Waals surface area contributed by atoms with Crippen molar-refractivity contribution in [2.45, 2.75) is 57.1 Å². The molecule has 0 bridgehead atoms. The van der Waals surface area contributed by atoms with Crippen molar-refractivity contribution in [1.82, 2.24) is 23.9 Å². The molecule has 0 aliphatic carbocycles. The van der Waals surface area contributed by atoms with Gasteiger partial charge in [0.1, 0.15) is 17.1 Å². The zero-order chi connectivity index (χ0) is 37.2. The molecule has 51 heavy (non-hydrogen) atoms. The van der Waals surface area contributed by atoms with Gasteiger partial charge in [0.25, 0.3) is 17.7 Å². The highest BCUT2D eigenvalue weighted by Crippen LogP contribution is 2.21. The van der Waals surface area contributed by atoms with E-state index in [4.69, 9.17) is 4.74 Å². The normalized spacial score (nSPS) is 14.1. The first kappa shape index (κ1) is 38.5. The quantitative estimate of drug-likeness (QED) is 0.0607. The van der Waals surface area contributed by atoms with Gasteiger partial charge in [-0.1, -0.05) is 13.3 Å². The average molecular weight is 725 g/mol. The third kappa shape index (κ3) is 10.3. The van der Waals surface area contributed by atoms with Gasteiger partial charge in [-0.15, -0.1) is 0 Å². The van der Waals surface area contributed by atoms with Crippen molar-refractivity contribution in [2.24, 2.45) is 21.1 Å². The van der Waals surface area contributed by atoms with E-state index in [1.807, 2.05) is 0 Å². The largest absolute Gasteiger partial charge is 0.466 e. The van der Waals surface area contributed by atoms with Crippen LogP contribution in [0.25, 0.3) is 0 Å². The minimum absolute atomic E-state index is 0.126. The summed E-state index contributed by atoms with van der Waals surface area (Å²) in [6.45, 7) is 2.46. The van der Waals surface area contributed by atoms with Crippen molar-refractivity contribution in [3.63, 3.8) is 0 Å². The third-order valence-corrected chi connectivity index (χ3v) is 8.59. The second-order valence-corrected chi connectivity index (χ2v) is 12.9. The first-order valence-electron chi connectivity index (χ1n) is 16.6. The minimum Gasteiger partial charge on any atom is -0.466 e. The first-order chi connectivity index (χ1) is 24.3. The molecule has 1 unspecified atom stereocenters. The Balaban J connectivity index is 1.16. The molecule has 0 spiro atoms. The number of unbranched alkanes of at least 4 members (excludes halogenated alkanes) is 2. The smallest absolute Gasteiger partial charge is 0.305 e. The molecule has 3 aromatic heterocycles. The second kappa shape index (κ2) is 17.6. The van der Waals surface area contributed by atoms with Gasteiger partial charge in [0.05, 0.1) is 28.9 Å². The number of likely N-dealkylation sites (tertiary alicyclic amines) is 1. The highest BCUT2D eigenvalue weighted by Gasteiger charge is 2.35. The van der Waals surface area contributed by atoms with E-state index in [1.165, 1.54) is 17.0 Å². The van der Waals surface area contributed by atoms with Crippen LogP contribution in [0.3, 0.4) is 0 Å². The maximum Gasteiger partial charge on any atom is 0.305 e. The Labute approximate surface area is 300 Å². The number of carbonyl (C=O) groups excluding carboxylic acids is 7. The molecule has 6 amide bonds. The lowest BCUT2D eigenvalue weighted by atomic mass is 10.2. The van der Waals surface area contributed by atoms with E-state index in [0.29, 0.717) is 67.1 Å². The van der Waals surface area contributed by atoms with E-state index in [1.54, 1.807) is 66.4 Å². The monoisotopic (exact) mass is 724 g/mol. The number of esters is 1. The summed E-state index contributed by atoms with van der Waals surface area (Å²) in [5.41, 5.74) is 2.17. The summed E-state index contributed by atoms with van der Waals surface area (Å²) in [5, 5.41) is 10.5. The van der Waals surface area contributed by atoms with Crippen LogP contribution >= 0.6 is 12.6 Å². The number of amides is 6. The van der Waals surface area contributed by atoms with Crippen LogP contribution in [0.4, 0.5) is 17.1 Å². The molecule has 1 fully saturated rings. The van der Waals surface area contributed by atoms with Gasteiger partial charge in [0, 0.05) is 72.1 Å². The molecule has 4 heterocycles. The van der Waals surface area contributed by atoms with Gasteiger partial charge < -0.3 is 39.7 Å². The van der Waals surface area contributed by atoms with Gasteiger partial charge in [0.15, 0.2) is 0 Å². The Morgan fingerprint density at radius 3 is 1.80 bits per heavy atom. The van der Waals surface area contributed by atoms with E-state index < -0.39 is 17.1 Å². The van der Waals surface area contributed by atoms with Crippen LogP contribution in [0.15, 0.2) is 36.8 Å². The number of hydrogen-bond acceptors (Lipinski definition) is 9. The van der Waals surface area contributed by atoms with E-state index >= 15 is 0 Å². The van der Waals surface area contributed by atoms with Crippen LogP contribution in [0.1, 0.15) is 83.3 Å². The lowest BCUT2D eigenvalue weighted by Crippen LogP contribution is -2.31. The van der Waals surface area contributed by atoms with Crippen LogP contribution in [-0.2, 0) is 45.1 Å². The molecule has 274 valence electrons. The number of thiol groups is 1. The highest BCUT2D eigenvalue weighted by molar-refractivity contribution is 7.81. The Hall–Kier alpha value is -5.32. The van der Waals surface area contributed by atoms with Crippen molar-refractivity contribution in [2.75, 3.05) is 35.6 Å². The summed E-state index contributed by atoms with van der Waals surface area (Å²) in [4.78, 5) is 87.4. The number of ether oxygens (including phenoxy) is 1. The van der Waals surface area contributed by atoms with Crippen LogP contribution < -0.4 is 21.3 Å². The number of nitrogens with zero attached hydrogens (tertiary/aromatic N) is 4. The molecule has 4 rings (SSSR count). The van der Waals surface area contributed by atoms with Crippen molar-refractivity contribution in [3.05, 3.63) is 53.9 Å². The molecule has 1 aliphatic heterocycles. The number of nitrogens with one attached hydrogen (secondary N) is 4. The third-order valence-electron chi connectivity index (χ3n) is 8.19. The molecule has 17 heteroatoms. The first-order valence-corrected chi connectivity index (χ1v) is 17.2. The molecule has 1 aliphatic rings. The van der Waals surface area contributed by atoms with Crippen LogP contribution in [0.5, 0.6) is 0 Å². The Morgan fingerprint density at radius 2 is 1.29 bits per heavy atom. The van der Waals surface area contributed by atoms with Gasteiger partial charge in [-0.05, 0) is 37.5 Å². The topological polar surface area (TPSA) is 195 Å². The zero-order valence-corrected chi connectivity index (χ0v) is 30.0. The number of carbonyl (C=O) groups is 7. The lowest BCUT2D eigenvalue weighted by Gasteiger charge is -2.13. The predicted octanol–water partition coefficient (Wildman–Crippen LogP) is 2.84. The lowest BCUT2D eigenvalue weighted by molar-refractivity contribution is -0.144. The summed E-state index contributed by atoms with van der Waals surface area (Å²) >= 11 is 4.10. The van der Waals surface area contributed by atoms with Crippen molar-refractivity contribution in [3.8, 4) is 0 Å². The van der Waals surface area contributed by atoms with Crippen LogP contribution in [-0.4, -0.2) is 85.0 Å². The van der Waals surface area contributed by atoms with E-state index in [0.717, 1.165) is 0 Å². The number of imide groups is 1. The summed E-state index contributed by atoms with van der Waals surface area (Å²) in [6, 6.07) is 4.63. The van der Waals surface area contributed by atoms with Crippen LogP contribution in [0, 0.1) is 0 Å². The molecule has 1 saturated heterocycles. The maximum absolute atomic E-state index is 13.1. The van der Waals surface area contributed by atoms with Gasteiger partial charge >= 0.3 is 5.97 Å². The molecule has 4 N–H and O–H groups in total. The highest BCUT2D eigenvalue weighted by atomic mass is 32.1. The van der Waals surface area contributed by atoms with E-state index in [-0.39, 0.29) is 61.3 Å². The van der Waals surface area contributed by atoms with Crippen molar-refractivity contribution in [1.29, 1.82) is 0 Å². The summed E-state index contributed by atoms with van der Waals surface area (Å²) < 4.78 is 9.96. The fraction of sp³-hybridized carbons (Fsp3) is 0.441. The molecule has 3 aromatic rings. The summed E-state index contributed by atoms with van der Waals surface area (Å²) in [5.74, 6) is -2.25. The SMILES string of the molecule is CCC(=O)Nc1cc(C(=O)Nc2cc(C(=O)Nc3cc(C(=O)NCCCOC(=O)CCCCCN4C(=O)CC(S)C4=O)n(C)c3)n(C)c2)n(C)c1. The van der Waals surface area contributed by atoms with Crippen molar-refractivity contribution < 1.29 is 38.3 Å². The molecular weight excluding hydrogens is 680 g/mol. The number of rotatable bonds is 17. The van der Waals surface area contributed by atoms with E-state index in [2.05, 4.69) is 33.9 Å². The zero-order valence-electron chi connectivity index (χ0n) is 29.1. The Morgan fingerprint density at radius 1 is 0.765 bits per heavy atom. The molecule has 0 radical (unpaired) electrons. The Bertz CT molecular complexity index is 1810. The van der Waals surface area contributed by atoms with Gasteiger partial charge in [-0.3, -0.25) is 38.5 Å². The number of aryl methyl sites for hydroxylation is 3.